The lowest BCUT2D eigenvalue weighted by Gasteiger charge is -2.56. The predicted octanol–water partition coefficient (Wildman–Crippen LogP) is 3.55. The molecule has 1 aromatic rings. The topological polar surface area (TPSA) is 67.4 Å². The molecule has 4 saturated carbocycles. The summed E-state index contributed by atoms with van der Waals surface area (Å²) in [5.41, 5.74) is 3.48. The molecule has 4 fully saturated rings. The molecule has 25 heavy (non-hydrogen) atoms. The van der Waals surface area contributed by atoms with Gasteiger partial charge in [0, 0.05) is 13.0 Å². The van der Waals surface area contributed by atoms with E-state index in [1.165, 1.54) is 38.5 Å². The molecule has 5 heteroatoms. The normalized spacial score (nSPS) is 32.2. The molecule has 1 aromatic carbocycles. The fourth-order valence-electron chi connectivity index (χ4n) is 5.79. The quantitative estimate of drug-likeness (QED) is 0.822. The first-order valence-corrected chi connectivity index (χ1v) is 9.38. The first kappa shape index (κ1) is 16.4. The fraction of sp³-hybridized carbons (Fsp3) is 0.600. The third-order valence-corrected chi connectivity index (χ3v) is 6.24. The van der Waals surface area contributed by atoms with E-state index in [1.54, 1.807) is 0 Å². The Morgan fingerprint density at radius 2 is 1.60 bits per heavy atom. The van der Waals surface area contributed by atoms with Gasteiger partial charge in [-0.05, 0) is 67.3 Å². The van der Waals surface area contributed by atoms with Gasteiger partial charge in [0.05, 0.1) is 0 Å². The Bertz CT molecular complexity index is 608. The summed E-state index contributed by atoms with van der Waals surface area (Å²) in [6, 6.07) is 9.59. The van der Waals surface area contributed by atoms with Crippen LogP contribution < -0.4 is 10.8 Å². The Morgan fingerprint density at radius 3 is 2.20 bits per heavy atom. The average Bonchev–Trinajstić information content (AvgIpc) is 2.57. The Balaban J connectivity index is 1.22. The average molecular weight is 342 g/mol. The maximum Gasteiger partial charge on any atom is 0.431 e. The Hall–Kier alpha value is -2.04. The fourth-order valence-corrected chi connectivity index (χ4v) is 5.79. The Morgan fingerprint density at radius 1 is 1.00 bits per heavy atom. The van der Waals surface area contributed by atoms with E-state index in [4.69, 9.17) is 4.84 Å². The minimum absolute atomic E-state index is 0.155. The predicted molar refractivity (Wildman–Crippen MR) is 93.1 cm³/mol. The van der Waals surface area contributed by atoms with Gasteiger partial charge < -0.3 is 10.2 Å². The van der Waals surface area contributed by atoms with Crippen molar-refractivity contribution in [3.63, 3.8) is 0 Å². The molecule has 0 atom stereocenters. The zero-order valence-electron chi connectivity index (χ0n) is 14.5. The molecule has 0 spiro atoms. The van der Waals surface area contributed by atoms with E-state index in [1.807, 2.05) is 30.3 Å². The van der Waals surface area contributed by atoms with E-state index in [-0.39, 0.29) is 11.3 Å². The number of carbonyl (C=O) groups is 2. The molecular weight excluding hydrogens is 316 g/mol. The van der Waals surface area contributed by atoms with E-state index in [2.05, 4.69) is 10.8 Å². The van der Waals surface area contributed by atoms with Crippen molar-refractivity contribution in [2.75, 3.05) is 0 Å². The molecule has 4 aliphatic carbocycles. The van der Waals surface area contributed by atoms with Crippen molar-refractivity contribution in [2.24, 2.45) is 23.2 Å². The van der Waals surface area contributed by atoms with Gasteiger partial charge in [-0.1, -0.05) is 30.3 Å². The van der Waals surface area contributed by atoms with Crippen molar-refractivity contribution in [1.29, 1.82) is 0 Å². The molecule has 0 saturated heterocycles. The summed E-state index contributed by atoms with van der Waals surface area (Å²) in [5.74, 6) is 2.27. The number of nitrogens with one attached hydrogen (secondary N) is 2. The second-order valence-electron chi connectivity index (χ2n) is 8.35. The smallest absolute Gasteiger partial charge is 0.322 e. The summed E-state index contributed by atoms with van der Waals surface area (Å²) in [5, 5.41) is 2.64. The number of hydroxylamine groups is 1. The van der Waals surface area contributed by atoms with Gasteiger partial charge in [-0.2, -0.15) is 5.48 Å². The highest BCUT2D eigenvalue weighted by Crippen LogP contribution is 2.61. The molecule has 5 nitrogen and oxygen atoms in total. The van der Waals surface area contributed by atoms with Gasteiger partial charge in [-0.3, -0.25) is 4.79 Å². The van der Waals surface area contributed by atoms with Crippen molar-refractivity contribution in [3.8, 4) is 0 Å². The maximum absolute atomic E-state index is 12.3. The molecule has 2 N–H and O–H groups in total. The number of hydrogen-bond acceptors (Lipinski definition) is 3. The molecule has 0 unspecified atom stereocenters. The highest BCUT2D eigenvalue weighted by molar-refractivity contribution is 5.78. The molecule has 0 radical (unpaired) electrons. The van der Waals surface area contributed by atoms with E-state index in [9.17, 15) is 9.59 Å². The number of hydrogen-bond donors (Lipinski definition) is 2. The van der Waals surface area contributed by atoms with Crippen molar-refractivity contribution in [1.82, 2.24) is 10.8 Å². The molecule has 4 aliphatic rings. The molecular formula is C20H26N2O3. The minimum atomic E-state index is -0.622. The van der Waals surface area contributed by atoms with Crippen LogP contribution >= 0.6 is 0 Å². The zero-order valence-corrected chi connectivity index (χ0v) is 14.5. The van der Waals surface area contributed by atoms with Crippen molar-refractivity contribution >= 4 is 12.0 Å². The molecule has 0 aliphatic heterocycles. The van der Waals surface area contributed by atoms with Crippen LogP contribution in [0.25, 0.3) is 0 Å². The van der Waals surface area contributed by atoms with Gasteiger partial charge in [0.2, 0.25) is 0 Å². The summed E-state index contributed by atoms with van der Waals surface area (Å²) in [6.45, 7) is 0.379. The second kappa shape index (κ2) is 6.70. The Labute approximate surface area is 148 Å². The first-order chi connectivity index (χ1) is 12.1. The van der Waals surface area contributed by atoms with Crippen LogP contribution in [0.5, 0.6) is 0 Å². The lowest BCUT2D eigenvalue weighted by molar-refractivity contribution is -0.137. The molecule has 2 amide bonds. The van der Waals surface area contributed by atoms with Crippen LogP contribution in [0.3, 0.4) is 0 Å². The number of carbonyl (C=O) groups excluding carboxylic acids is 2. The molecule has 0 aromatic heterocycles. The van der Waals surface area contributed by atoms with Crippen molar-refractivity contribution < 1.29 is 14.4 Å². The van der Waals surface area contributed by atoms with Crippen LogP contribution in [0.15, 0.2) is 30.3 Å². The minimum Gasteiger partial charge on any atom is -0.322 e. The van der Waals surface area contributed by atoms with Crippen LogP contribution in [0.1, 0.15) is 50.5 Å². The van der Waals surface area contributed by atoms with Gasteiger partial charge in [0.25, 0.3) is 5.91 Å². The lowest BCUT2D eigenvalue weighted by Crippen LogP contribution is -2.48. The third kappa shape index (κ3) is 3.80. The number of rotatable bonds is 4. The van der Waals surface area contributed by atoms with Crippen molar-refractivity contribution in [2.45, 2.75) is 51.5 Å². The summed E-state index contributed by atoms with van der Waals surface area (Å²) < 4.78 is 0. The number of amides is 2. The second-order valence-corrected chi connectivity index (χ2v) is 8.35. The van der Waals surface area contributed by atoms with Crippen molar-refractivity contribution in [3.05, 3.63) is 35.9 Å². The Kier molecular flexibility index (Phi) is 4.40. The largest absolute Gasteiger partial charge is 0.431 e. The lowest BCUT2D eigenvalue weighted by atomic mass is 9.49. The van der Waals surface area contributed by atoms with Gasteiger partial charge in [-0.15, -0.1) is 0 Å². The highest BCUT2D eigenvalue weighted by Gasteiger charge is 2.51. The zero-order chi connectivity index (χ0) is 17.3. The van der Waals surface area contributed by atoms with Crippen LogP contribution in [0.4, 0.5) is 4.79 Å². The van der Waals surface area contributed by atoms with Crippen LogP contribution in [-0.4, -0.2) is 12.0 Å². The molecule has 134 valence electrons. The van der Waals surface area contributed by atoms with Gasteiger partial charge in [-0.25, -0.2) is 4.79 Å². The van der Waals surface area contributed by atoms with Crippen LogP contribution in [0.2, 0.25) is 0 Å². The monoisotopic (exact) mass is 342 g/mol. The van der Waals surface area contributed by atoms with Gasteiger partial charge >= 0.3 is 6.09 Å². The van der Waals surface area contributed by atoms with E-state index >= 15 is 0 Å². The summed E-state index contributed by atoms with van der Waals surface area (Å²) in [7, 11) is 0. The number of benzene rings is 1. The maximum atomic E-state index is 12.3. The molecule has 5 rings (SSSR count). The third-order valence-electron chi connectivity index (χ3n) is 6.24. The summed E-state index contributed by atoms with van der Waals surface area (Å²) in [4.78, 5) is 28.9. The first-order valence-electron chi connectivity index (χ1n) is 9.38. The van der Waals surface area contributed by atoms with E-state index in [0.29, 0.717) is 13.0 Å². The molecule has 4 bridgehead atoms. The molecule has 0 heterocycles. The van der Waals surface area contributed by atoms with Gasteiger partial charge in [0.1, 0.15) is 0 Å². The van der Waals surface area contributed by atoms with Gasteiger partial charge in [0.15, 0.2) is 0 Å². The van der Waals surface area contributed by atoms with E-state index in [0.717, 1.165) is 23.3 Å². The standard InChI is InChI=1S/C20H26N2O3/c23-18(22-25-19(24)21-13-14-4-2-1-3-5-14)12-20-9-15-6-16(10-20)8-17(7-15)11-20/h1-5,15-17H,6-13H2,(H,21,24)(H,22,23). The van der Waals surface area contributed by atoms with Crippen LogP contribution in [0, 0.1) is 23.2 Å². The highest BCUT2D eigenvalue weighted by atomic mass is 16.7. The summed E-state index contributed by atoms with van der Waals surface area (Å²) >= 11 is 0. The van der Waals surface area contributed by atoms with Crippen LogP contribution in [-0.2, 0) is 16.2 Å². The summed E-state index contributed by atoms with van der Waals surface area (Å²) in [6.07, 6.45) is 7.47. The van der Waals surface area contributed by atoms with E-state index < -0.39 is 6.09 Å². The SMILES string of the molecule is O=C(CC12CC3CC(CC(C3)C1)C2)NOC(=O)NCc1ccccc1.